The average Bonchev–Trinajstić information content (AvgIpc) is 3.71. The summed E-state index contributed by atoms with van der Waals surface area (Å²) in [5.74, 6) is 2.25. The molecule has 3 amide bonds. The van der Waals surface area contributed by atoms with E-state index in [1.807, 2.05) is 39.0 Å². The number of benzene rings is 3. The molecular weight excluding hydrogens is 743 g/mol. The maximum Gasteiger partial charge on any atom is 0.320 e. The second kappa shape index (κ2) is 19.0. The minimum Gasteiger partial charge on any atom is -0.493 e. The highest BCUT2D eigenvalue weighted by molar-refractivity contribution is 5.96. The van der Waals surface area contributed by atoms with E-state index in [-0.39, 0.29) is 29.9 Å². The molecule has 0 aromatic heterocycles. The zero-order valence-electron chi connectivity index (χ0n) is 34.8. The molecule has 14 nitrogen and oxygen atoms in total. The van der Waals surface area contributed by atoms with Gasteiger partial charge >= 0.3 is 12.0 Å². The van der Waals surface area contributed by atoms with E-state index in [4.69, 9.17) is 28.4 Å². The molecule has 1 atom stereocenters. The van der Waals surface area contributed by atoms with Crippen LogP contribution in [0.2, 0.25) is 0 Å². The number of rotatable bonds is 15. The van der Waals surface area contributed by atoms with Gasteiger partial charge in [0.15, 0.2) is 23.0 Å². The minimum atomic E-state index is -0.519. The summed E-state index contributed by atoms with van der Waals surface area (Å²) in [7, 11) is 7.89. The molecule has 3 fully saturated rings. The van der Waals surface area contributed by atoms with Crippen LogP contribution in [0.15, 0.2) is 60.7 Å². The van der Waals surface area contributed by atoms with Crippen LogP contribution in [0.25, 0.3) is 0 Å². The zero-order chi connectivity index (χ0) is 41.3. The van der Waals surface area contributed by atoms with Gasteiger partial charge in [-0.05, 0) is 74.5 Å². The van der Waals surface area contributed by atoms with Crippen molar-refractivity contribution in [3.8, 4) is 28.7 Å². The normalized spacial score (nSPS) is 19.6. The lowest BCUT2D eigenvalue weighted by molar-refractivity contribution is -0.144. The molecule has 0 saturated carbocycles. The van der Waals surface area contributed by atoms with Crippen molar-refractivity contribution in [3.63, 3.8) is 0 Å². The predicted molar refractivity (Wildman–Crippen MR) is 219 cm³/mol. The van der Waals surface area contributed by atoms with E-state index in [0.29, 0.717) is 80.2 Å². The number of nitrogens with one attached hydrogen (secondary N) is 1. The van der Waals surface area contributed by atoms with Crippen molar-refractivity contribution in [2.45, 2.75) is 43.6 Å². The largest absolute Gasteiger partial charge is 0.493 e. The first-order valence-electron chi connectivity index (χ1n) is 20.2. The highest BCUT2D eigenvalue weighted by Crippen LogP contribution is 2.44. The molecule has 0 aliphatic carbocycles. The van der Waals surface area contributed by atoms with Crippen LogP contribution < -0.4 is 29.0 Å². The van der Waals surface area contributed by atoms with Gasteiger partial charge < -0.3 is 48.4 Å². The van der Waals surface area contributed by atoms with Crippen LogP contribution in [0.1, 0.15) is 54.1 Å². The molecule has 314 valence electrons. The lowest BCUT2D eigenvalue weighted by Gasteiger charge is -2.45. The molecule has 3 aliphatic rings. The van der Waals surface area contributed by atoms with E-state index in [0.717, 1.165) is 56.4 Å². The molecule has 3 aliphatic heterocycles. The van der Waals surface area contributed by atoms with E-state index in [9.17, 15) is 14.4 Å². The van der Waals surface area contributed by atoms with Gasteiger partial charge in [-0.25, -0.2) is 4.79 Å². The van der Waals surface area contributed by atoms with Crippen LogP contribution >= 0.6 is 0 Å². The topological polar surface area (TPSA) is 132 Å². The number of urea groups is 1. The van der Waals surface area contributed by atoms with Gasteiger partial charge in [-0.15, -0.1) is 0 Å². The smallest absolute Gasteiger partial charge is 0.320 e. The summed E-state index contributed by atoms with van der Waals surface area (Å²) in [6, 6.07) is 19.7. The molecule has 0 spiro atoms. The molecule has 3 saturated heterocycles. The number of methoxy groups -OCH3 is 5. The van der Waals surface area contributed by atoms with E-state index < -0.39 is 5.54 Å². The lowest BCUT2D eigenvalue weighted by atomic mass is 9.76. The maximum atomic E-state index is 14.2. The van der Waals surface area contributed by atoms with Crippen LogP contribution in [-0.4, -0.2) is 145 Å². The Morgan fingerprint density at radius 3 is 1.91 bits per heavy atom. The summed E-state index contributed by atoms with van der Waals surface area (Å²) in [6.45, 7) is 8.19. The average molecular weight is 802 g/mol. The molecule has 0 bridgehead atoms. The Kier molecular flexibility index (Phi) is 13.9. The Morgan fingerprint density at radius 1 is 0.655 bits per heavy atom. The standard InChI is InChI=1S/C44H59N5O9/c1-7-58-39(50)30-47-23-25-48(26-24-47)42(52)45-44(33-11-9-8-10-12-33)17-20-46(21-18-44)19-15-43(34-13-14-35(53-2)36(29-34)54-3)16-22-49(31-43)41(51)32-27-37(55-4)40(57-6)38(28-32)56-5/h8-14,27-29H,7,15-26,30-31H2,1-6H3,(H,45,52). The number of likely N-dealkylation sites (tertiary alicyclic amines) is 2. The van der Waals surface area contributed by atoms with Crippen LogP contribution in [0.3, 0.4) is 0 Å². The fraction of sp³-hybridized carbons (Fsp3) is 0.523. The van der Waals surface area contributed by atoms with Gasteiger partial charge in [-0.1, -0.05) is 36.4 Å². The maximum absolute atomic E-state index is 14.2. The van der Waals surface area contributed by atoms with Crippen LogP contribution in [-0.2, 0) is 20.5 Å². The summed E-state index contributed by atoms with van der Waals surface area (Å²) in [4.78, 5) is 48.4. The molecule has 1 N–H and O–H groups in total. The molecule has 3 heterocycles. The number of esters is 1. The highest BCUT2D eigenvalue weighted by atomic mass is 16.5. The molecule has 14 heteroatoms. The molecule has 3 aromatic carbocycles. The second-order valence-electron chi connectivity index (χ2n) is 15.3. The number of hydrogen-bond acceptors (Lipinski definition) is 11. The summed E-state index contributed by atoms with van der Waals surface area (Å²) >= 11 is 0. The van der Waals surface area contributed by atoms with Crippen molar-refractivity contribution in [1.29, 1.82) is 0 Å². The molecule has 6 rings (SSSR count). The predicted octanol–water partition coefficient (Wildman–Crippen LogP) is 4.79. The Morgan fingerprint density at radius 2 is 1.31 bits per heavy atom. The number of carbonyl (C=O) groups is 3. The first-order chi connectivity index (χ1) is 28.1. The van der Waals surface area contributed by atoms with Gasteiger partial charge in [0.1, 0.15) is 0 Å². The zero-order valence-corrected chi connectivity index (χ0v) is 34.8. The molecule has 0 radical (unpaired) electrons. The third kappa shape index (κ3) is 9.23. The first-order valence-corrected chi connectivity index (χ1v) is 20.2. The molecule has 58 heavy (non-hydrogen) atoms. The number of ether oxygens (including phenoxy) is 6. The van der Waals surface area contributed by atoms with Crippen LogP contribution in [0.5, 0.6) is 28.7 Å². The Hall–Kier alpha value is -5.21. The van der Waals surface area contributed by atoms with E-state index >= 15 is 0 Å². The fourth-order valence-corrected chi connectivity index (χ4v) is 8.74. The highest BCUT2D eigenvalue weighted by Gasteiger charge is 2.44. The van der Waals surface area contributed by atoms with Gasteiger partial charge in [-0.3, -0.25) is 14.5 Å². The number of amides is 3. The number of carbonyl (C=O) groups excluding carboxylic acids is 3. The van der Waals surface area contributed by atoms with E-state index in [2.05, 4.69) is 34.5 Å². The summed E-state index contributed by atoms with van der Waals surface area (Å²) in [6.07, 6.45) is 3.08. The SMILES string of the molecule is CCOC(=O)CN1CCN(C(=O)NC2(c3ccccc3)CCN(CCC3(c4ccc(OC)c(OC)c4)CCN(C(=O)c4cc(OC)c(OC)c(OC)c4)C3)CC2)CC1. The second-order valence-corrected chi connectivity index (χ2v) is 15.3. The Bertz CT molecular complexity index is 1850. The van der Waals surface area contributed by atoms with Crippen LogP contribution in [0.4, 0.5) is 4.79 Å². The number of piperazine rings is 1. The Labute approximate surface area is 342 Å². The van der Waals surface area contributed by atoms with Crippen molar-refractivity contribution in [3.05, 3.63) is 77.4 Å². The van der Waals surface area contributed by atoms with Crippen molar-refractivity contribution >= 4 is 17.9 Å². The Balaban J connectivity index is 1.17. The third-order valence-electron chi connectivity index (χ3n) is 12.2. The van der Waals surface area contributed by atoms with Crippen molar-refractivity contribution < 1.29 is 42.8 Å². The van der Waals surface area contributed by atoms with Crippen molar-refractivity contribution in [2.24, 2.45) is 0 Å². The quantitative estimate of drug-likeness (QED) is 0.213. The van der Waals surface area contributed by atoms with Gasteiger partial charge in [0.2, 0.25) is 5.75 Å². The third-order valence-corrected chi connectivity index (χ3v) is 12.2. The number of piperidine rings is 1. The number of nitrogens with zero attached hydrogens (tertiary/aromatic N) is 4. The van der Waals surface area contributed by atoms with Gasteiger partial charge in [-0.2, -0.15) is 0 Å². The fourth-order valence-electron chi connectivity index (χ4n) is 8.74. The first kappa shape index (κ1) is 42.4. The van der Waals surface area contributed by atoms with Crippen molar-refractivity contribution in [1.82, 2.24) is 24.9 Å². The van der Waals surface area contributed by atoms with Crippen molar-refractivity contribution in [2.75, 3.05) is 108 Å². The summed E-state index contributed by atoms with van der Waals surface area (Å²) in [5.41, 5.74) is 1.78. The molecule has 3 aromatic rings. The number of hydrogen-bond donors (Lipinski definition) is 1. The van der Waals surface area contributed by atoms with Gasteiger partial charge in [0.05, 0.1) is 54.2 Å². The van der Waals surface area contributed by atoms with Gasteiger partial charge in [0.25, 0.3) is 5.91 Å². The molecule has 1 unspecified atom stereocenters. The minimum absolute atomic E-state index is 0.0803. The van der Waals surface area contributed by atoms with E-state index in [1.165, 1.54) is 0 Å². The summed E-state index contributed by atoms with van der Waals surface area (Å²) < 4.78 is 33.1. The van der Waals surface area contributed by atoms with Crippen LogP contribution in [0, 0.1) is 0 Å². The summed E-state index contributed by atoms with van der Waals surface area (Å²) in [5, 5.41) is 3.48. The molecular formula is C44H59N5O9. The van der Waals surface area contributed by atoms with E-state index in [1.54, 1.807) is 54.6 Å². The lowest BCUT2D eigenvalue weighted by Crippen LogP contribution is -2.59. The monoisotopic (exact) mass is 801 g/mol. The van der Waals surface area contributed by atoms with Gasteiger partial charge in [0, 0.05) is 63.3 Å².